The Morgan fingerprint density at radius 2 is 2.09 bits per heavy atom. The summed E-state index contributed by atoms with van der Waals surface area (Å²) in [4.78, 5) is 13.6. The first-order valence-corrected chi connectivity index (χ1v) is 7.61. The lowest BCUT2D eigenvalue weighted by atomic mass is 10.3. The summed E-state index contributed by atoms with van der Waals surface area (Å²) in [5, 5.41) is 12.8. The van der Waals surface area contributed by atoms with Crippen LogP contribution in [0, 0.1) is 0 Å². The van der Waals surface area contributed by atoms with E-state index in [2.05, 4.69) is 5.32 Å². The van der Waals surface area contributed by atoms with E-state index < -0.39 is 6.10 Å². The Kier molecular flexibility index (Phi) is 6.14. The summed E-state index contributed by atoms with van der Waals surface area (Å²) in [6, 6.07) is 2.84. The third kappa shape index (κ3) is 4.39. The molecular weight excluding hydrogens is 331 g/mol. The second kappa shape index (κ2) is 7.87. The highest BCUT2D eigenvalue weighted by atomic mass is 35.5. The maximum absolute atomic E-state index is 12.0. The van der Waals surface area contributed by atoms with Crippen molar-refractivity contribution in [1.82, 2.24) is 4.90 Å². The number of likely N-dealkylation sites (tertiary alicyclic amines) is 1. The molecule has 1 atom stereocenters. The third-order valence-electron chi connectivity index (χ3n) is 3.23. The minimum Gasteiger partial charge on any atom is -0.488 e. The van der Waals surface area contributed by atoms with Gasteiger partial charge >= 0.3 is 6.03 Å². The first-order chi connectivity index (χ1) is 10.5. The predicted octanol–water partition coefficient (Wildman–Crippen LogP) is 2.62. The van der Waals surface area contributed by atoms with Crippen molar-refractivity contribution in [2.45, 2.75) is 12.5 Å². The number of nitrogens with one attached hydrogen (secondary N) is 1. The average Bonchev–Trinajstić information content (AvgIpc) is 2.89. The van der Waals surface area contributed by atoms with Crippen LogP contribution in [0.5, 0.6) is 5.75 Å². The number of hydrogen-bond donors (Lipinski definition) is 2. The first kappa shape index (κ1) is 17.1. The summed E-state index contributed by atoms with van der Waals surface area (Å²) >= 11 is 12.2. The number of aliphatic hydroxyl groups excluding tert-OH is 1. The Morgan fingerprint density at radius 3 is 2.64 bits per heavy atom. The number of nitrogens with zero attached hydrogens (tertiary/aromatic N) is 1. The first-order valence-electron chi connectivity index (χ1n) is 6.86. The van der Waals surface area contributed by atoms with E-state index in [1.54, 1.807) is 19.2 Å². The minimum atomic E-state index is -0.463. The lowest BCUT2D eigenvalue weighted by Gasteiger charge is -2.17. The van der Waals surface area contributed by atoms with Gasteiger partial charge in [0.1, 0.15) is 6.61 Å². The lowest BCUT2D eigenvalue weighted by Crippen LogP contribution is -2.33. The molecule has 0 unspecified atom stereocenters. The zero-order chi connectivity index (χ0) is 16.1. The highest BCUT2D eigenvalue weighted by Crippen LogP contribution is 2.36. The Balaban J connectivity index is 2.01. The monoisotopic (exact) mass is 348 g/mol. The van der Waals surface area contributed by atoms with E-state index in [0.717, 1.165) is 0 Å². The number of hydrogen-bond acceptors (Lipinski definition) is 4. The van der Waals surface area contributed by atoms with Gasteiger partial charge in [0, 0.05) is 25.9 Å². The lowest BCUT2D eigenvalue weighted by molar-refractivity contribution is 0.146. The molecule has 0 saturated carbocycles. The summed E-state index contributed by atoms with van der Waals surface area (Å²) < 4.78 is 10.3. The molecule has 1 fully saturated rings. The molecule has 0 aromatic heterocycles. The van der Waals surface area contributed by atoms with Crippen LogP contribution in [0.15, 0.2) is 12.1 Å². The van der Waals surface area contributed by atoms with Crippen molar-refractivity contribution in [2.75, 3.05) is 38.7 Å². The Hall–Kier alpha value is -1.21. The number of anilines is 1. The summed E-state index contributed by atoms with van der Waals surface area (Å²) in [6.45, 7) is 1.59. The van der Waals surface area contributed by atoms with Crippen LogP contribution in [0.1, 0.15) is 6.42 Å². The van der Waals surface area contributed by atoms with Gasteiger partial charge in [-0.15, -0.1) is 0 Å². The van der Waals surface area contributed by atoms with Crippen LogP contribution in [-0.2, 0) is 4.74 Å². The normalized spacial score (nSPS) is 17.6. The van der Waals surface area contributed by atoms with Gasteiger partial charge in [0.15, 0.2) is 5.75 Å². The number of urea groups is 1. The predicted molar refractivity (Wildman–Crippen MR) is 85.0 cm³/mol. The summed E-state index contributed by atoms with van der Waals surface area (Å²) in [5.41, 5.74) is 0.473. The van der Waals surface area contributed by atoms with Crippen LogP contribution in [0.3, 0.4) is 0 Å². The molecule has 0 aliphatic carbocycles. The zero-order valence-corrected chi connectivity index (χ0v) is 13.7. The molecule has 122 valence electrons. The number of carbonyl (C=O) groups excluding carboxylic acids is 1. The van der Waals surface area contributed by atoms with Gasteiger partial charge in [0.05, 0.1) is 22.8 Å². The summed E-state index contributed by atoms with van der Waals surface area (Å²) in [6.07, 6.45) is 0.121. The van der Waals surface area contributed by atoms with Crippen LogP contribution >= 0.6 is 23.2 Å². The molecule has 2 amide bonds. The average molecular weight is 349 g/mol. The van der Waals surface area contributed by atoms with E-state index in [-0.39, 0.29) is 6.03 Å². The smallest absolute Gasteiger partial charge is 0.321 e. The van der Waals surface area contributed by atoms with Crippen molar-refractivity contribution in [1.29, 1.82) is 0 Å². The third-order valence-corrected chi connectivity index (χ3v) is 3.80. The number of benzene rings is 1. The van der Waals surface area contributed by atoms with Crippen LogP contribution in [0.25, 0.3) is 0 Å². The standard InChI is InChI=1S/C14H18Cl2N2O4/c1-21-4-5-22-13-11(15)6-9(7-12(13)16)17-14(20)18-3-2-10(19)8-18/h6-7,10,19H,2-5,8H2,1H3,(H,17,20)/t10-/m1/s1. The highest BCUT2D eigenvalue weighted by Gasteiger charge is 2.24. The summed E-state index contributed by atoms with van der Waals surface area (Å²) in [7, 11) is 1.57. The van der Waals surface area contributed by atoms with E-state index in [0.29, 0.717) is 54.2 Å². The molecule has 8 heteroatoms. The van der Waals surface area contributed by atoms with Crippen molar-refractivity contribution in [2.24, 2.45) is 0 Å². The molecule has 0 spiro atoms. The molecule has 2 N–H and O–H groups in total. The number of aliphatic hydroxyl groups is 1. The van der Waals surface area contributed by atoms with Crippen LogP contribution in [0.4, 0.5) is 10.5 Å². The maximum Gasteiger partial charge on any atom is 0.321 e. The van der Waals surface area contributed by atoms with Gasteiger partial charge in [-0.05, 0) is 18.6 Å². The van der Waals surface area contributed by atoms with Gasteiger partial charge in [0.25, 0.3) is 0 Å². The molecule has 1 aliphatic rings. The quantitative estimate of drug-likeness (QED) is 0.802. The highest BCUT2D eigenvalue weighted by molar-refractivity contribution is 6.37. The van der Waals surface area contributed by atoms with Gasteiger partial charge in [0.2, 0.25) is 0 Å². The number of methoxy groups -OCH3 is 1. The summed E-state index contributed by atoms with van der Waals surface area (Å²) in [5.74, 6) is 0.356. The van der Waals surface area contributed by atoms with E-state index in [9.17, 15) is 9.90 Å². The van der Waals surface area contributed by atoms with Crippen LogP contribution in [-0.4, -0.2) is 55.6 Å². The van der Waals surface area contributed by atoms with Gasteiger partial charge < -0.3 is 24.8 Å². The molecule has 0 radical (unpaired) electrons. The van der Waals surface area contributed by atoms with Gasteiger partial charge in [-0.25, -0.2) is 4.79 Å². The Labute approximate surface area is 138 Å². The van der Waals surface area contributed by atoms with Gasteiger partial charge in [-0.2, -0.15) is 0 Å². The number of halogens is 2. The van der Waals surface area contributed by atoms with Crippen molar-refractivity contribution in [3.8, 4) is 5.75 Å². The molecule has 1 heterocycles. The minimum absolute atomic E-state index is 0.295. The zero-order valence-electron chi connectivity index (χ0n) is 12.1. The molecule has 6 nitrogen and oxygen atoms in total. The molecule has 22 heavy (non-hydrogen) atoms. The number of ether oxygens (including phenoxy) is 2. The number of carbonyl (C=O) groups is 1. The van der Waals surface area contributed by atoms with E-state index >= 15 is 0 Å². The Bertz CT molecular complexity index is 519. The SMILES string of the molecule is COCCOc1c(Cl)cc(NC(=O)N2CC[C@@H](O)C2)cc1Cl. The molecule has 1 saturated heterocycles. The van der Waals surface area contributed by atoms with Crippen molar-refractivity contribution in [3.63, 3.8) is 0 Å². The van der Waals surface area contributed by atoms with E-state index in [1.807, 2.05) is 0 Å². The van der Waals surface area contributed by atoms with Crippen molar-refractivity contribution in [3.05, 3.63) is 22.2 Å². The molecule has 1 aromatic carbocycles. The number of β-amino-alcohol motifs (C(OH)–C–C–N with tert-alkyl or cyclic N) is 1. The number of rotatable bonds is 5. The van der Waals surface area contributed by atoms with Crippen molar-refractivity contribution < 1.29 is 19.4 Å². The fraction of sp³-hybridized carbons (Fsp3) is 0.500. The van der Waals surface area contributed by atoms with Gasteiger partial charge in [-0.1, -0.05) is 23.2 Å². The molecular formula is C14H18Cl2N2O4. The number of amides is 2. The van der Waals surface area contributed by atoms with Crippen LogP contribution in [0.2, 0.25) is 10.0 Å². The van der Waals surface area contributed by atoms with Crippen LogP contribution < -0.4 is 10.1 Å². The molecule has 2 rings (SSSR count). The van der Waals surface area contributed by atoms with Crippen molar-refractivity contribution >= 4 is 34.9 Å². The molecule has 1 aromatic rings. The fourth-order valence-corrected chi connectivity index (χ4v) is 2.72. The second-order valence-corrected chi connectivity index (χ2v) is 5.74. The molecule has 0 bridgehead atoms. The maximum atomic E-state index is 12.0. The topological polar surface area (TPSA) is 71.0 Å². The van der Waals surface area contributed by atoms with Gasteiger partial charge in [-0.3, -0.25) is 0 Å². The van der Waals surface area contributed by atoms with E-state index in [1.165, 1.54) is 4.90 Å². The van der Waals surface area contributed by atoms with E-state index in [4.69, 9.17) is 32.7 Å². The fourth-order valence-electron chi connectivity index (χ4n) is 2.13. The molecule has 1 aliphatic heterocycles. The second-order valence-electron chi connectivity index (χ2n) is 4.93. The Morgan fingerprint density at radius 1 is 1.41 bits per heavy atom. The largest absolute Gasteiger partial charge is 0.488 e.